The summed E-state index contributed by atoms with van der Waals surface area (Å²) >= 11 is 3.82. The first-order chi connectivity index (χ1) is 16.3. The smallest absolute Gasteiger partial charge is 0.0348 e. The van der Waals surface area contributed by atoms with Crippen LogP contribution in [0.5, 0.6) is 0 Å². The third-order valence-corrected chi connectivity index (χ3v) is 8.69. The zero-order valence-corrected chi connectivity index (χ0v) is 22.0. The largest absolute Gasteiger partial charge is 0.144 e. The van der Waals surface area contributed by atoms with Gasteiger partial charge in [0.1, 0.15) is 0 Å². The average molecular weight is 475 g/mol. The van der Waals surface area contributed by atoms with Crippen LogP contribution in [-0.4, -0.2) is 0 Å². The van der Waals surface area contributed by atoms with Gasteiger partial charge in [-0.05, 0) is 88.4 Å². The second-order valence-corrected chi connectivity index (χ2v) is 11.2. The Kier molecular flexibility index (Phi) is 9.20. The Morgan fingerprint density at radius 3 is 2.03 bits per heavy atom. The molecule has 0 saturated carbocycles. The molecular weight excluding hydrogens is 436 g/mol. The third kappa shape index (κ3) is 6.58. The van der Waals surface area contributed by atoms with Crippen molar-refractivity contribution in [1.29, 1.82) is 0 Å². The monoisotopic (exact) mass is 474 g/mol. The van der Waals surface area contributed by atoms with Gasteiger partial charge < -0.3 is 0 Å². The van der Waals surface area contributed by atoms with E-state index in [-0.39, 0.29) is 0 Å². The van der Waals surface area contributed by atoms with Crippen LogP contribution >= 0.6 is 22.7 Å². The molecule has 2 aliphatic rings. The van der Waals surface area contributed by atoms with E-state index in [1.54, 1.807) is 0 Å². The number of aryl methyl sites for hydroxylation is 2. The van der Waals surface area contributed by atoms with Crippen molar-refractivity contribution >= 4 is 33.8 Å². The molecule has 2 aliphatic carbocycles. The Morgan fingerprint density at radius 1 is 0.697 bits per heavy atom. The van der Waals surface area contributed by atoms with E-state index in [0.29, 0.717) is 0 Å². The van der Waals surface area contributed by atoms with Crippen molar-refractivity contribution in [2.24, 2.45) is 0 Å². The number of hydrogen-bond acceptors (Lipinski definition) is 2. The fraction of sp³-hybridized carbons (Fsp3) is 0.419. The van der Waals surface area contributed by atoms with Crippen molar-refractivity contribution in [1.82, 2.24) is 0 Å². The molecular formula is C31H38S2. The van der Waals surface area contributed by atoms with Crippen molar-refractivity contribution in [2.45, 2.75) is 84.5 Å². The van der Waals surface area contributed by atoms with E-state index < -0.39 is 0 Å². The van der Waals surface area contributed by atoms with Crippen molar-refractivity contribution < 1.29 is 0 Å². The van der Waals surface area contributed by atoms with Crippen molar-refractivity contribution in [3.05, 3.63) is 91.4 Å². The summed E-state index contributed by atoms with van der Waals surface area (Å²) in [5.41, 5.74) is 8.70. The summed E-state index contributed by atoms with van der Waals surface area (Å²) in [6.07, 6.45) is 28.0. The van der Waals surface area contributed by atoms with Crippen molar-refractivity contribution in [3.8, 4) is 0 Å². The van der Waals surface area contributed by atoms with Gasteiger partial charge in [0.15, 0.2) is 0 Å². The van der Waals surface area contributed by atoms with Gasteiger partial charge in [0.2, 0.25) is 0 Å². The minimum Gasteiger partial charge on any atom is -0.144 e. The topological polar surface area (TPSA) is 0 Å². The van der Waals surface area contributed by atoms with E-state index >= 15 is 0 Å². The van der Waals surface area contributed by atoms with Crippen LogP contribution in [0.1, 0.15) is 92.5 Å². The predicted octanol–water partition coefficient (Wildman–Crippen LogP) is 10.3. The van der Waals surface area contributed by atoms with Gasteiger partial charge in [0.05, 0.1) is 0 Å². The Bertz CT molecular complexity index is 1060. The van der Waals surface area contributed by atoms with E-state index in [9.17, 15) is 0 Å². The molecule has 2 heterocycles. The van der Waals surface area contributed by atoms with Gasteiger partial charge in [0.25, 0.3) is 0 Å². The number of hydrogen-bond donors (Lipinski definition) is 0. The highest BCUT2D eigenvalue weighted by Crippen LogP contribution is 2.39. The van der Waals surface area contributed by atoms with Gasteiger partial charge in [-0.15, -0.1) is 22.7 Å². The highest BCUT2D eigenvalue weighted by Gasteiger charge is 2.18. The SMILES string of the molecule is CCCCCCc1csc(C2=CC=CC3=C(c4cc(CCCCCC)cs4)C=CC=C2C3)c1. The summed E-state index contributed by atoms with van der Waals surface area (Å²) in [6.45, 7) is 4.56. The Hall–Kier alpha value is -1.90. The van der Waals surface area contributed by atoms with Crippen LogP contribution in [0.3, 0.4) is 0 Å². The van der Waals surface area contributed by atoms with Gasteiger partial charge in [-0.2, -0.15) is 0 Å². The first kappa shape index (κ1) is 24.2. The maximum atomic E-state index is 2.44. The predicted molar refractivity (Wildman–Crippen MR) is 150 cm³/mol. The molecule has 33 heavy (non-hydrogen) atoms. The Labute approximate surface area is 209 Å². The van der Waals surface area contributed by atoms with Crippen LogP contribution < -0.4 is 0 Å². The summed E-state index contributed by atoms with van der Waals surface area (Å²) in [4.78, 5) is 2.83. The van der Waals surface area contributed by atoms with E-state index in [2.05, 4.69) is 73.2 Å². The van der Waals surface area contributed by atoms with Crippen LogP contribution in [0.4, 0.5) is 0 Å². The number of allylic oxidation sites excluding steroid dienone is 10. The van der Waals surface area contributed by atoms with Crippen molar-refractivity contribution in [2.75, 3.05) is 0 Å². The molecule has 0 radical (unpaired) electrons. The van der Waals surface area contributed by atoms with Crippen LogP contribution in [0.25, 0.3) is 11.1 Å². The normalized spacial score (nSPS) is 15.5. The van der Waals surface area contributed by atoms with Gasteiger partial charge in [-0.25, -0.2) is 0 Å². The molecule has 174 valence electrons. The molecule has 0 saturated heterocycles. The molecule has 4 rings (SSSR count). The number of unbranched alkanes of at least 4 members (excludes halogenated alkanes) is 6. The first-order valence-electron chi connectivity index (χ1n) is 12.9. The number of thiophene rings is 2. The molecule has 0 atom stereocenters. The van der Waals surface area contributed by atoms with Crippen LogP contribution in [0, 0.1) is 0 Å². The maximum absolute atomic E-state index is 2.44. The van der Waals surface area contributed by atoms with Crippen LogP contribution in [-0.2, 0) is 12.8 Å². The van der Waals surface area contributed by atoms with E-state index in [1.807, 2.05) is 22.7 Å². The second kappa shape index (κ2) is 12.5. The molecule has 0 amide bonds. The average Bonchev–Trinajstić information content (AvgIpc) is 3.38. The molecule has 2 aromatic rings. The summed E-state index contributed by atoms with van der Waals surface area (Å²) in [6, 6.07) is 4.87. The summed E-state index contributed by atoms with van der Waals surface area (Å²) in [7, 11) is 0. The van der Waals surface area contributed by atoms with Gasteiger partial charge in [-0.1, -0.05) is 88.8 Å². The lowest BCUT2D eigenvalue weighted by atomic mass is 9.96. The minimum atomic E-state index is 1.01. The lowest BCUT2D eigenvalue weighted by molar-refractivity contribution is 0.667. The van der Waals surface area contributed by atoms with Crippen molar-refractivity contribution in [3.63, 3.8) is 0 Å². The highest BCUT2D eigenvalue weighted by molar-refractivity contribution is 7.11. The van der Waals surface area contributed by atoms with Gasteiger partial charge in [0, 0.05) is 9.75 Å². The van der Waals surface area contributed by atoms with E-state index in [1.165, 1.54) is 107 Å². The second-order valence-electron chi connectivity index (χ2n) is 9.37. The standard InChI is InChI=1S/C31H38S2/c1-3-5-7-9-13-24-19-30(32-22-24)28-17-11-16-27-21-26(28)15-12-18-29(27)31-20-25(23-33-31)14-10-8-6-4-2/h11-12,15-20,22-23H,3-10,13-14,21H2,1-2H3. The van der Waals surface area contributed by atoms with E-state index in [4.69, 9.17) is 0 Å². The number of fused-ring (bicyclic) bond motifs is 2. The molecule has 2 heteroatoms. The fourth-order valence-electron chi connectivity index (χ4n) is 4.72. The fourth-order valence-corrected chi connectivity index (χ4v) is 6.74. The van der Waals surface area contributed by atoms with Gasteiger partial charge in [-0.3, -0.25) is 0 Å². The Balaban J connectivity index is 1.46. The third-order valence-electron chi connectivity index (χ3n) is 6.67. The zero-order valence-electron chi connectivity index (χ0n) is 20.4. The molecule has 0 aliphatic heterocycles. The van der Waals surface area contributed by atoms with Gasteiger partial charge >= 0.3 is 0 Å². The quantitative estimate of drug-likeness (QED) is 0.268. The summed E-state index contributed by atoms with van der Waals surface area (Å²) in [5, 5.41) is 4.75. The zero-order chi connectivity index (χ0) is 22.9. The van der Waals surface area contributed by atoms with Crippen LogP contribution in [0.15, 0.2) is 70.5 Å². The molecule has 0 nitrogen and oxygen atoms in total. The minimum absolute atomic E-state index is 1.01. The highest BCUT2D eigenvalue weighted by atomic mass is 32.1. The lowest BCUT2D eigenvalue weighted by Crippen LogP contribution is -1.90. The molecule has 0 N–H and O–H groups in total. The maximum Gasteiger partial charge on any atom is 0.0348 e. The van der Waals surface area contributed by atoms with E-state index in [0.717, 1.165) is 6.42 Å². The summed E-state index contributed by atoms with van der Waals surface area (Å²) in [5.74, 6) is 0. The van der Waals surface area contributed by atoms with Crippen LogP contribution in [0.2, 0.25) is 0 Å². The Morgan fingerprint density at radius 2 is 1.33 bits per heavy atom. The molecule has 0 spiro atoms. The molecule has 0 fully saturated rings. The molecule has 0 aromatic carbocycles. The molecule has 0 unspecified atom stereocenters. The summed E-state index contributed by atoms with van der Waals surface area (Å²) < 4.78 is 0. The first-order valence-corrected chi connectivity index (χ1v) is 14.7. The lowest BCUT2D eigenvalue weighted by Gasteiger charge is -2.10. The number of rotatable bonds is 12. The molecule has 2 bridgehead atoms. The molecule has 2 aromatic heterocycles.